The van der Waals surface area contributed by atoms with E-state index in [0.717, 1.165) is 12.8 Å². The van der Waals surface area contributed by atoms with Crippen molar-refractivity contribution in [3.05, 3.63) is 28.2 Å². The number of carbonyl (C=O) groups is 1. The van der Waals surface area contributed by atoms with Crippen LogP contribution in [-0.4, -0.2) is 43.0 Å². The first-order chi connectivity index (χ1) is 10.1. The lowest BCUT2D eigenvalue weighted by Gasteiger charge is -2.38. The van der Waals surface area contributed by atoms with E-state index < -0.39 is 5.79 Å². The predicted molar refractivity (Wildman–Crippen MR) is 80.9 cm³/mol. The Hall–Kier alpha value is -1.01. The summed E-state index contributed by atoms with van der Waals surface area (Å²) in [7, 11) is 0. The number of piperidine rings is 1. The summed E-state index contributed by atoms with van der Waals surface area (Å²) in [5.41, 5.74) is 0.613. The molecular formula is C14H16Cl2N2O3. The number of likely N-dealkylation sites (tertiary alicyclic amines) is 1. The van der Waals surface area contributed by atoms with E-state index in [1.54, 1.807) is 23.1 Å². The van der Waals surface area contributed by atoms with Gasteiger partial charge in [-0.15, -0.1) is 0 Å². The van der Waals surface area contributed by atoms with E-state index in [2.05, 4.69) is 5.32 Å². The van der Waals surface area contributed by atoms with Crippen molar-refractivity contribution in [3.8, 4) is 0 Å². The number of urea groups is 1. The average Bonchev–Trinajstić information content (AvgIpc) is 2.91. The first-order valence-corrected chi connectivity index (χ1v) is 7.62. The van der Waals surface area contributed by atoms with Crippen LogP contribution in [0.3, 0.4) is 0 Å². The van der Waals surface area contributed by atoms with Gasteiger partial charge in [-0.05, 0) is 24.6 Å². The van der Waals surface area contributed by atoms with Gasteiger partial charge in [0.05, 0.1) is 29.8 Å². The SMILES string of the molecule is O=C(Nc1ccc(Cl)c(Cl)c1)N1CCCC2(C1)OCCO2. The second kappa shape index (κ2) is 6.01. The Kier molecular flexibility index (Phi) is 4.26. The molecule has 7 heteroatoms. The third kappa shape index (κ3) is 3.26. The third-order valence-electron chi connectivity index (χ3n) is 3.69. The minimum absolute atomic E-state index is 0.188. The molecule has 2 aliphatic rings. The van der Waals surface area contributed by atoms with Crippen LogP contribution in [0.25, 0.3) is 0 Å². The Morgan fingerprint density at radius 2 is 2.00 bits per heavy atom. The second-order valence-electron chi connectivity index (χ2n) is 5.19. The lowest BCUT2D eigenvalue weighted by molar-refractivity contribution is -0.182. The Morgan fingerprint density at radius 1 is 1.24 bits per heavy atom. The van der Waals surface area contributed by atoms with Crippen molar-refractivity contribution in [2.45, 2.75) is 18.6 Å². The summed E-state index contributed by atoms with van der Waals surface area (Å²) in [4.78, 5) is 14.0. The lowest BCUT2D eigenvalue weighted by Crippen LogP contribution is -2.52. The number of hydrogen-bond acceptors (Lipinski definition) is 3. The van der Waals surface area contributed by atoms with Crippen molar-refractivity contribution in [3.63, 3.8) is 0 Å². The number of carbonyl (C=O) groups excluding carboxylic acids is 1. The van der Waals surface area contributed by atoms with Gasteiger partial charge >= 0.3 is 6.03 Å². The first-order valence-electron chi connectivity index (χ1n) is 6.87. The maximum Gasteiger partial charge on any atom is 0.322 e. The number of benzene rings is 1. The molecule has 0 bridgehead atoms. The summed E-state index contributed by atoms with van der Waals surface area (Å²) in [6, 6.07) is 4.81. The zero-order chi connectivity index (χ0) is 14.9. The molecule has 21 heavy (non-hydrogen) atoms. The number of nitrogens with zero attached hydrogens (tertiary/aromatic N) is 1. The summed E-state index contributed by atoms with van der Waals surface area (Å²) in [6.07, 6.45) is 1.68. The maximum absolute atomic E-state index is 12.3. The van der Waals surface area contributed by atoms with Crippen molar-refractivity contribution in [1.82, 2.24) is 4.90 Å². The van der Waals surface area contributed by atoms with E-state index in [9.17, 15) is 4.79 Å². The summed E-state index contributed by atoms with van der Waals surface area (Å²) in [5.74, 6) is -0.618. The van der Waals surface area contributed by atoms with Gasteiger partial charge in [-0.1, -0.05) is 23.2 Å². The maximum atomic E-state index is 12.3. The van der Waals surface area contributed by atoms with Crippen LogP contribution < -0.4 is 5.32 Å². The minimum Gasteiger partial charge on any atom is -0.346 e. The molecule has 0 aliphatic carbocycles. The van der Waals surface area contributed by atoms with Crippen LogP contribution in [0, 0.1) is 0 Å². The van der Waals surface area contributed by atoms with Gasteiger partial charge < -0.3 is 19.7 Å². The van der Waals surface area contributed by atoms with Gasteiger partial charge in [-0.25, -0.2) is 4.79 Å². The molecule has 0 unspecified atom stereocenters. The van der Waals surface area contributed by atoms with Crippen molar-refractivity contribution in [1.29, 1.82) is 0 Å². The van der Waals surface area contributed by atoms with E-state index in [1.165, 1.54) is 0 Å². The standard InChI is InChI=1S/C14H16Cl2N2O3/c15-11-3-2-10(8-12(11)16)17-13(19)18-5-1-4-14(9-18)20-6-7-21-14/h2-3,8H,1,4-7,9H2,(H,17,19). The lowest BCUT2D eigenvalue weighted by atomic mass is 10.1. The van der Waals surface area contributed by atoms with Crippen molar-refractivity contribution in [2.24, 2.45) is 0 Å². The Labute approximate surface area is 133 Å². The van der Waals surface area contributed by atoms with E-state index in [0.29, 0.717) is 42.0 Å². The quantitative estimate of drug-likeness (QED) is 0.858. The van der Waals surface area contributed by atoms with Crippen LogP contribution in [0.4, 0.5) is 10.5 Å². The molecule has 2 aliphatic heterocycles. The summed E-state index contributed by atoms with van der Waals surface area (Å²) >= 11 is 11.8. The highest BCUT2D eigenvalue weighted by Gasteiger charge is 2.42. The highest BCUT2D eigenvalue weighted by atomic mass is 35.5. The molecule has 2 fully saturated rings. The minimum atomic E-state index is -0.618. The van der Waals surface area contributed by atoms with E-state index in [-0.39, 0.29) is 6.03 Å². The molecule has 2 amide bonds. The number of ether oxygens (including phenoxy) is 2. The fourth-order valence-electron chi connectivity index (χ4n) is 2.67. The largest absolute Gasteiger partial charge is 0.346 e. The molecule has 0 saturated carbocycles. The Morgan fingerprint density at radius 3 is 2.71 bits per heavy atom. The van der Waals surface area contributed by atoms with E-state index in [1.807, 2.05) is 0 Å². The van der Waals surface area contributed by atoms with Gasteiger partial charge in [-0.3, -0.25) is 0 Å². The fourth-order valence-corrected chi connectivity index (χ4v) is 2.97. The van der Waals surface area contributed by atoms with Crippen molar-refractivity contribution < 1.29 is 14.3 Å². The Bertz CT molecular complexity index is 547. The van der Waals surface area contributed by atoms with Gasteiger partial charge in [0, 0.05) is 18.7 Å². The number of rotatable bonds is 1. The van der Waals surface area contributed by atoms with Crippen molar-refractivity contribution >= 4 is 34.9 Å². The number of hydrogen-bond donors (Lipinski definition) is 1. The highest BCUT2D eigenvalue weighted by Crippen LogP contribution is 2.30. The third-order valence-corrected chi connectivity index (χ3v) is 4.43. The smallest absolute Gasteiger partial charge is 0.322 e. The molecular weight excluding hydrogens is 315 g/mol. The monoisotopic (exact) mass is 330 g/mol. The van der Waals surface area contributed by atoms with Crippen molar-refractivity contribution in [2.75, 3.05) is 31.6 Å². The molecule has 3 rings (SSSR count). The topological polar surface area (TPSA) is 50.8 Å². The molecule has 0 atom stereocenters. The van der Waals surface area contributed by atoms with Crippen LogP contribution in [-0.2, 0) is 9.47 Å². The summed E-state index contributed by atoms with van der Waals surface area (Å²) in [5, 5.41) is 3.69. The van der Waals surface area contributed by atoms with Gasteiger partial charge in [0.25, 0.3) is 0 Å². The molecule has 2 heterocycles. The molecule has 0 radical (unpaired) electrons. The van der Waals surface area contributed by atoms with Crippen LogP contribution in [0.1, 0.15) is 12.8 Å². The summed E-state index contributed by atoms with van der Waals surface area (Å²) < 4.78 is 11.3. The number of nitrogens with one attached hydrogen (secondary N) is 1. The van der Waals surface area contributed by atoms with Gasteiger partial charge in [0.15, 0.2) is 5.79 Å². The van der Waals surface area contributed by atoms with Gasteiger partial charge in [0.2, 0.25) is 0 Å². The number of anilines is 1. The molecule has 2 saturated heterocycles. The molecule has 1 aromatic carbocycles. The molecule has 0 aromatic heterocycles. The zero-order valence-corrected chi connectivity index (χ0v) is 12.9. The Balaban J connectivity index is 1.65. The van der Waals surface area contributed by atoms with Gasteiger partial charge in [0.1, 0.15) is 0 Å². The number of halogens is 2. The highest BCUT2D eigenvalue weighted by molar-refractivity contribution is 6.42. The second-order valence-corrected chi connectivity index (χ2v) is 6.01. The zero-order valence-electron chi connectivity index (χ0n) is 11.4. The molecule has 1 N–H and O–H groups in total. The van der Waals surface area contributed by atoms with Gasteiger partial charge in [-0.2, -0.15) is 0 Å². The average molecular weight is 331 g/mol. The van der Waals surface area contributed by atoms with Crippen LogP contribution in [0.2, 0.25) is 10.0 Å². The van der Waals surface area contributed by atoms with Crippen LogP contribution >= 0.6 is 23.2 Å². The molecule has 5 nitrogen and oxygen atoms in total. The summed E-state index contributed by atoms with van der Waals surface area (Å²) in [6.45, 7) is 2.30. The predicted octanol–water partition coefficient (Wildman–Crippen LogP) is 3.36. The fraction of sp³-hybridized carbons (Fsp3) is 0.500. The van der Waals surface area contributed by atoms with Crippen LogP contribution in [0.5, 0.6) is 0 Å². The van der Waals surface area contributed by atoms with Crippen LogP contribution in [0.15, 0.2) is 18.2 Å². The first kappa shape index (κ1) is 14.9. The molecule has 1 spiro atoms. The molecule has 114 valence electrons. The van der Waals surface area contributed by atoms with E-state index >= 15 is 0 Å². The van der Waals surface area contributed by atoms with E-state index in [4.69, 9.17) is 32.7 Å². The normalized spacial score (nSPS) is 20.8. The number of amides is 2. The molecule has 1 aromatic rings.